The summed E-state index contributed by atoms with van der Waals surface area (Å²) in [5.41, 5.74) is 0.740. The molecular weight excluding hydrogens is 308 g/mol. The van der Waals surface area contributed by atoms with Crippen LogP contribution < -0.4 is 10.6 Å². The van der Waals surface area contributed by atoms with E-state index in [0.717, 1.165) is 25.2 Å². The second-order valence-electron chi connectivity index (χ2n) is 8.73. The molecule has 2 bridgehead atoms. The molecule has 3 fully saturated rings. The Morgan fingerprint density at radius 1 is 0.840 bits per heavy atom. The summed E-state index contributed by atoms with van der Waals surface area (Å²) in [5.74, 6) is 0. The lowest BCUT2D eigenvalue weighted by molar-refractivity contribution is 0.106. The average Bonchev–Trinajstić information content (AvgIpc) is 3.12. The third-order valence-electron chi connectivity index (χ3n) is 4.98. The summed E-state index contributed by atoms with van der Waals surface area (Å²) in [6.07, 6.45) is 1.37. The van der Waals surface area contributed by atoms with Crippen LogP contribution in [0.3, 0.4) is 0 Å². The minimum Gasteiger partial charge on any atom is -0.314 e. The molecule has 0 saturated carbocycles. The quantitative estimate of drug-likeness (QED) is 0.689. The van der Waals surface area contributed by atoms with Crippen LogP contribution in [0.4, 0.5) is 0 Å². The summed E-state index contributed by atoms with van der Waals surface area (Å²) >= 11 is 0. The SMILES string of the molecule is C.C.CC.CC(C)(C)N1CC2CC1CN2.CC(C)(C)N1CCNCC1. The Labute approximate surface area is 160 Å². The van der Waals surface area contributed by atoms with Crippen molar-refractivity contribution in [3.63, 3.8) is 0 Å². The van der Waals surface area contributed by atoms with E-state index >= 15 is 0 Å². The van der Waals surface area contributed by atoms with E-state index in [4.69, 9.17) is 0 Å². The first-order valence-electron chi connectivity index (χ1n) is 9.64. The van der Waals surface area contributed by atoms with Crippen LogP contribution in [0, 0.1) is 0 Å². The molecule has 2 N–H and O–H groups in total. The number of piperazine rings is 2. The molecule has 3 rings (SSSR count). The van der Waals surface area contributed by atoms with Crippen molar-refractivity contribution < 1.29 is 0 Å². The standard InChI is InChI=1S/C9H18N2.C8H18N2.C2H6.2CH4/c1-9(2,3)11-6-7-4-8(11)5-10-7;1-8(2,3)10-6-4-9-5-7-10;1-2;;/h7-8,10H,4-6H2,1-3H3;9H,4-7H2,1-3H3;1-2H3;2*1H4. The van der Waals surface area contributed by atoms with Crippen molar-refractivity contribution in [2.45, 2.75) is 99.8 Å². The molecule has 0 amide bonds. The van der Waals surface area contributed by atoms with Gasteiger partial charge in [0.25, 0.3) is 0 Å². The van der Waals surface area contributed by atoms with Crippen LogP contribution in [-0.4, -0.2) is 72.2 Å². The molecule has 3 saturated heterocycles. The Hall–Kier alpha value is -0.160. The molecule has 2 atom stereocenters. The van der Waals surface area contributed by atoms with Gasteiger partial charge in [-0.1, -0.05) is 28.7 Å². The van der Waals surface area contributed by atoms with Gasteiger partial charge in [0.15, 0.2) is 0 Å². The number of nitrogens with zero attached hydrogens (tertiary/aromatic N) is 2. The Morgan fingerprint density at radius 2 is 1.36 bits per heavy atom. The molecule has 0 aromatic carbocycles. The van der Waals surface area contributed by atoms with E-state index in [-0.39, 0.29) is 14.9 Å². The maximum Gasteiger partial charge on any atom is 0.0241 e. The van der Waals surface area contributed by atoms with Crippen LogP contribution in [0.5, 0.6) is 0 Å². The Morgan fingerprint density at radius 3 is 1.60 bits per heavy atom. The first-order valence-corrected chi connectivity index (χ1v) is 9.64. The van der Waals surface area contributed by atoms with E-state index in [9.17, 15) is 0 Å². The molecule has 4 heteroatoms. The van der Waals surface area contributed by atoms with Gasteiger partial charge < -0.3 is 10.6 Å². The minimum atomic E-state index is 0. The predicted molar refractivity (Wildman–Crippen MR) is 116 cm³/mol. The molecule has 0 aromatic heterocycles. The van der Waals surface area contributed by atoms with Gasteiger partial charge in [0.2, 0.25) is 0 Å². The van der Waals surface area contributed by atoms with Gasteiger partial charge >= 0.3 is 0 Å². The Bertz CT molecular complexity index is 324. The molecule has 0 radical (unpaired) electrons. The zero-order chi connectivity index (χ0) is 17.7. The summed E-state index contributed by atoms with van der Waals surface area (Å²) in [7, 11) is 0. The van der Waals surface area contributed by atoms with E-state index in [1.807, 2.05) is 13.8 Å². The van der Waals surface area contributed by atoms with E-state index < -0.39 is 0 Å². The predicted octanol–water partition coefficient (Wildman–Crippen LogP) is 3.82. The number of likely N-dealkylation sites (tertiary alicyclic amines) is 1. The van der Waals surface area contributed by atoms with E-state index in [1.165, 1.54) is 32.6 Å². The summed E-state index contributed by atoms with van der Waals surface area (Å²) in [6, 6.07) is 1.61. The second-order valence-corrected chi connectivity index (χ2v) is 8.73. The highest BCUT2D eigenvalue weighted by Gasteiger charge is 2.42. The second kappa shape index (κ2) is 11.5. The van der Waals surface area contributed by atoms with Gasteiger partial charge in [0.1, 0.15) is 0 Å². The maximum absolute atomic E-state index is 3.52. The van der Waals surface area contributed by atoms with Crippen molar-refractivity contribution in [3.05, 3.63) is 0 Å². The van der Waals surface area contributed by atoms with Crippen LogP contribution in [-0.2, 0) is 0 Å². The fourth-order valence-corrected chi connectivity index (χ4v) is 3.72. The molecule has 25 heavy (non-hydrogen) atoms. The summed E-state index contributed by atoms with van der Waals surface area (Å²) in [5, 5.41) is 6.86. The lowest BCUT2D eigenvalue weighted by Crippen LogP contribution is -2.52. The summed E-state index contributed by atoms with van der Waals surface area (Å²) in [4.78, 5) is 5.15. The van der Waals surface area contributed by atoms with Crippen molar-refractivity contribution in [1.82, 2.24) is 20.4 Å². The van der Waals surface area contributed by atoms with Crippen LogP contribution in [0.25, 0.3) is 0 Å². The molecule has 0 aromatic rings. The van der Waals surface area contributed by atoms with Gasteiger partial charge in [-0.15, -0.1) is 0 Å². The highest BCUT2D eigenvalue weighted by atomic mass is 15.3. The number of hydrogen-bond acceptors (Lipinski definition) is 4. The van der Waals surface area contributed by atoms with Gasteiger partial charge in [-0.05, 0) is 48.0 Å². The fraction of sp³-hybridized carbons (Fsp3) is 1.00. The van der Waals surface area contributed by atoms with Gasteiger partial charge in [-0.2, -0.15) is 0 Å². The van der Waals surface area contributed by atoms with E-state index in [2.05, 4.69) is 62.0 Å². The topological polar surface area (TPSA) is 30.5 Å². The normalized spacial score (nSPS) is 26.4. The van der Waals surface area contributed by atoms with Crippen molar-refractivity contribution in [2.24, 2.45) is 0 Å². The number of fused-ring (bicyclic) bond motifs is 2. The van der Waals surface area contributed by atoms with E-state index in [1.54, 1.807) is 0 Å². The monoisotopic (exact) mass is 358 g/mol. The zero-order valence-corrected chi connectivity index (χ0v) is 17.0. The minimum absolute atomic E-state index is 0. The van der Waals surface area contributed by atoms with Crippen LogP contribution in [0.15, 0.2) is 0 Å². The smallest absolute Gasteiger partial charge is 0.0241 e. The highest BCUT2D eigenvalue weighted by Crippen LogP contribution is 2.29. The molecular formula is C21H50N4. The lowest BCUT2D eigenvalue weighted by atomic mass is 10.0. The first-order chi connectivity index (χ1) is 10.7. The molecule has 3 aliphatic heterocycles. The van der Waals surface area contributed by atoms with Crippen molar-refractivity contribution >= 4 is 0 Å². The molecule has 0 aliphatic carbocycles. The van der Waals surface area contributed by atoms with Crippen molar-refractivity contribution in [1.29, 1.82) is 0 Å². The maximum atomic E-state index is 3.52. The molecule has 154 valence electrons. The third kappa shape index (κ3) is 8.38. The Kier molecular flexibility index (Phi) is 12.5. The lowest BCUT2D eigenvalue weighted by Gasteiger charge is -2.38. The summed E-state index contributed by atoms with van der Waals surface area (Å²) in [6.45, 7) is 24.9. The van der Waals surface area contributed by atoms with Crippen molar-refractivity contribution in [3.8, 4) is 0 Å². The zero-order valence-electron chi connectivity index (χ0n) is 17.0. The third-order valence-corrected chi connectivity index (χ3v) is 4.98. The Balaban J connectivity index is 0. The number of hydrogen-bond donors (Lipinski definition) is 2. The first kappa shape index (κ1) is 27.1. The van der Waals surface area contributed by atoms with Gasteiger partial charge in [-0.25, -0.2) is 0 Å². The van der Waals surface area contributed by atoms with Crippen LogP contribution >= 0.6 is 0 Å². The van der Waals surface area contributed by atoms with Gasteiger partial charge in [0.05, 0.1) is 0 Å². The molecule has 2 unspecified atom stereocenters. The van der Waals surface area contributed by atoms with Gasteiger partial charge in [-0.3, -0.25) is 9.80 Å². The molecule has 0 spiro atoms. The largest absolute Gasteiger partial charge is 0.314 e. The molecule has 4 nitrogen and oxygen atoms in total. The van der Waals surface area contributed by atoms with E-state index in [0.29, 0.717) is 11.1 Å². The van der Waals surface area contributed by atoms with Crippen molar-refractivity contribution in [2.75, 3.05) is 39.3 Å². The average molecular weight is 359 g/mol. The highest BCUT2D eigenvalue weighted by molar-refractivity contribution is 5.01. The summed E-state index contributed by atoms with van der Waals surface area (Å²) < 4.78 is 0. The number of rotatable bonds is 0. The van der Waals surface area contributed by atoms with Crippen LogP contribution in [0.2, 0.25) is 0 Å². The molecule has 3 heterocycles. The molecule has 3 aliphatic rings. The number of nitrogens with one attached hydrogen (secondary N) is 2. The van der Waals surface area contributed by atoms with Crippen LogP contribution in [0.1, 0.15) is 76.7 Å². The fourth-order valence-electron chi connectivity index (χ4n) is 3.72. The van der Waals surface area contributed by atoms with Gasteiger partial charge in [0, 0.05) is 62.4 Å².